The number of carbonyl (C=O) groups excluding carboxylic acids is 2. The van der Waals surface area contributed by atoms with Crippen LogP contribution < -0.4 is 5.32 Å². The highest BCUT2D eigenvalue weighted by molar-refractivity contribution is 5.82. The minimum absolute atomic E-state index is 0.0352. The number of hydrogen-bond acceptors (Lipinski definition) is 8. The second-order valence-electron chi connectivity index (χ2n) is 6.14. The number of aliphatic hydroxyl groups is 2. The van der Waals surface area contributed by atoms with E-state index in [1.165, 1.54) is 0 Å². The summed E-state index contributed by atoms with van der Waals surface area (Å²) in [4.78, 5) is 32.7. The van der Waals surface area contributed by atoms with E-state index in [1.54, 1.807) is 24.3 Å². The van der Waals surface area contributed by atoms with Crippen molar-refractivity contribution in [3.05, 3.63) is 69.3 Å². The fourth-order valence-electron chi connectivity index (χ4n) is 2.54. The molecule has 2 aromatic rings. The number of aliphatic hydroxyl groups excluding tert-OH is 2. The summed E-state index contributed by atoms with van der Waals surface area (Å²) >= 11 is 0. The zero-order valence-electron chi connectivity index (χ0n) is 15.2. The first-order valence-electron chi connectivity index (χ1n) is 8.60. The molecule has 0 radical (unpaired) electrons. The highest BCUT2D eigenvalue weighted by Crippen LogP contribution is 2.33. The van der Waals surface area contributed by atoms with E-state index in [0.29, 0.717) is 0 Å². The first-order valence-corrected chi connectivity index (χ1v) is 8.60. The van der Waals surface area contributed by atoms with Crippen LogP contribution >= 0.6 is 0 Å². The summed E-state index contributed by atoms with van der Waals surface area (Å²) in [5, 5.41) is 43.3. The molecule has 2 aromatic carbocycles. The van der Waals surface area contributed by atoms with Crippen molar-refractivity contribution in [2.24, 2.45) is 0 Å². The second-order valence-corrected chi connectivity index (χ2v) is 6.14. The van der Waals surface area contributed by atoms with Crippen molar-refractivity contribution in [2.45, 2.75) is 25.2 Å². The van der Waals surface area contributed by atoms with Crippen LogP contribution in [0.1, 0.15) is 34.0 Å². The maximum atomic E-state index is 11.7. The zero-order chi connectivity index (χ0) is 21.4. The van der Waals surface area contributed by atoms with Crippen LogP contribution in [0.15, 0.2) is 42.5 Å². The van der Waals surface area contributed by atoms with E-state index in [0.717, 1.165) is 17.7 Å². The van der Waals surface area contributed by atoms with Crippen molar-refractivity contribution >= 4 is 18.1 Å². The molecule has 0 fully saturated rings. The van der Waals surface area contributed by atoms with Gasteiger partial charge in [-0.3, -0.25) is 14.9 Å². The number of nitro groups is 1. The van der Waals surface area contributed by atoms with E-state index in [-0.39, 0.29) is 37.0 Å². The van der Waals surface area contributed by atoms with E-state index in [9.17, 15) is 35.0 Å². The average Bonchev–Trinajstić information content (AvgIpc) is 2.72. The van der Waals surface area contributed by atoms with E-state index in [1.807, 2.05) is 6.07 Å². The van der Waals surface area contributed by atoms with Gasteiger partial charge < -0.3 is 25.4 Å². The van der Waals surface area contributed by atoms with Gasteiger partial charge in [0.1, 0.15) is 12.7 Å². The van der Waals surface area contributed by atoms with E-state index in [2.05, 4.69) is 5.32 Å². The lowest BCUT2D eigenvalue weighted by Gasteiger charge is -2.19. The number of benzene rings is 2. The molecule has 2 rings (SSSR count). The summed E-state index contributed by atoms with van der Waals surface area (Å²) in [7, 11) is 0. The first kappa shape index (κ1) is 21.8. The SMILES string of the molecule is O=Cc1cc(C(O)C(O)CCNC(=O)OCc2ccccc2)cc([N+](=O)[O-])c1O. The maximum Gasteiger partial charge on any atom is 0.407 e. The molecule has 154 valence electrons. The maximum absolute atomic E-state index is 11.7. The molecule has 4 N–H and O–H groups in total. The van der Waals surface area contributed by atoms with Gasteiger partial charge >= 0.3 is 11.8 Å². The third kappa shape index (κ3) is 5.99. The highest BCUT2D eigenvalue weighted by atomic mass is 16.6. The summed E-state index contributed by atoms with van der Waals surface area (Å²) in [5.74, 6) is -0.821. The number of nitrogens with one attached hydrogen (secondary N) is 1. The van der Waals surface area contributed by atoms with Crippen LogP contribution in [0, 0.1) is 10.1 Å². The van der Waals surface area contributed by atoms with Crippen molar-refractivity contribution in [3.63, 3.8) is 0 Å². The molecule has 0 aliphatic heterocycles. The predicted octanol–water partition coefficient (Wildman–Crippen LogP) is 1.82. The second kappa shape index (κ2) is 10.2. The molecular weight excluding hydrogens is 384 g/mol. The molecule has 0 bridgehead atoms. The van der Waals surface area contributed by atoms with Crippen molar-refractivity contribution in [1.82, 2.24) is 5.32 Å². The zero-order valence-corrected chi connectivity index (χ0v) is 15.2. The molecule has 0 saturated carbocycles. The van der Waals surface area contributed by atoms with Crippen molar-refractivity contribution in [1.29, 1.82) is 0 Å². The number of nitro benzene ring substituents is 1. The minimum Gasteiger partial charge on any atom is -0.502 e. The Balaban J connectivity index is 1.89. The Kier molecular flexibility index (Phi) is 7.63. The monoisotopic (exact) mass is 404 g/mol. The van der Waals surface area contributed by atoms with Gasteiger partial charge in [0.2, 0.25) is 5.75 Å². The number of aldehydes is 1. The molecular formula is C19H20N2O8. The summed E-state index contributed by atoms with van der Waals surface area (Å²) in [6.45, 7) is 0.0378. The van der Waals surface area contributed by atoms with Crippen LogP contribution in [0.5, 0.6) is 5.75 Å². The molecule has 2 atom stereocenters. The molecule has 0 aliphatic carbocycles. The Morgan fingerprint density at radius 2 is 1.93 bits per heavy atom. The number of alkyl carbamates (subject to hydrolysis) is 1. The summed E-state index contributed by atoms with van der Waals surface area (Å²) < 4.78 is 5.00. The van der Waals surface area contributed by atoms with Crippen molar-refractivity contribution in [2.75, 3.05) is 6.54 Å². The van der Waals surface area contributed by atoms with Crippen LogP contribution in [-0.4, -0.2) is 45.3 Å². The molecule has 0 saturated heterocycles. The summed E-state index contributed by atoms with van der Waals surface area (Å²) in [6, 6.07) is 10.9. The van der Waals surface area contributed by atoms with Crippen LogP contribution in [0.2, 0.25) is 0 Å². The van der Waals surface area contributed by atoms with Crippen LogP contribution in [0.3, 0.4) is 0 Å². The van der Waals surface area contributed by atoms with Crippen molar-refractivity contribution < 1.29 is 34.6 Å². The Hall–Kier alpha value is -3.50. The number of phenolic OH excluding ortho intramolecular Hbond substituents is 1. The Bertz CT molecular complexity index is 872. The van der Waals surface area contributed by atoms with Gasteiger partial charge in [0.15, 0.2) is 6.29 Å². The molecule has 2 unspecified atom stereocenters. The van der Waals surface area contributed by atoms with Gasteiger partial charge in [-0.25, -0.2) is 4.79 Å². The van der Waals surface area contributed by atoms with Crippen molar-refractivity contribution in [3.8, 4) is 5.75 Å². The predicted molar refractivity (Wildman–Crippen MR) is 100 cm³/mol. The molecule has 10 nitrogen and oxygen atoms in total. The Morgan fingerprint density at radius 1 is 1.24 bits per heavy atom. The third-order valence-corrected chi connectivity index (χ3v) is 4.09. The van der Waals surface area contributed by atoms with Gasteiger partial charge in [0, 0.05) is 12.6 Å². The Labute approximate surface area is 165 Å². The standard InChI is InChI=1S/C19H20N2O8/c22-10-14-8-13(9-15(17(14)24)21(27)28)18(25)16(23)6-7-20-19(26)29-11-12-4-2-1-3-5-12/h1-5,8-10,16,18,23-25H,6-7,11H2,(H,20,26). The number of carbonyl (C=O) groups is 2. The highest BCUT2D eigenvalue weighted by Gasteiger charge is 2.25. The van der Waals surface area contributed by atoms with Crippen LogP contribution in [0.25, 0.3) is 0 Å². The van der Waals surface area contributed by atoms with E-state index < -0.39 is 34.7 Å². The smallest absolute Gasteiger partial charge is 0.407 e. The number of phenols is 1. The number of hydrogen-bond donors (Lipinski definition) is 4. The lowest BCUT2D eigenvalue weighted by molar-refractivity contribution is -0.386. The minimum atomic E-state index is -1.57. The Morgan fingerprint density at radius 3 is 2.55 bits per heavy atom. The molecule has 10 heteroatoms. The third-order valence-electron chi connectivity index (χ3n) is 4.09. The molecule has 0 aliphatic rings. The molecule has 0 aromatic heterocycles. The van der Waals surface area contributed by atoms with E-state index in [4.69, 9.17) is 4.74 Å². The average molecular weight is 404 g/mol. The van der Waals surface area contributed by atoms with Gasteiger partial charge in [-0.15, -0.1) is 0 Å². The number of rotatable bonds is 9. The largest absolute Gasteiger partial charge is 0.502 e. The summed E-state index contributed by atoms with van der Waals surface area (Å²) in [6.07, 6.45) is -3.57. The number of ether oxygens (including phenoxy) is 1. The molecule has 1 amide bonds. The van der Waals surface area contributed by atoms with Gasteiger partial charge in [0.25, 0.3) is 0 Å². The van der Waals surface area contributed by atoms with Gasteiger partial charge in [-0.2, -0.15) is 0 Å². The number of amides is 1. The fraction of sp³-hybridized carbons (Fsp3) is 0.263. The normalized spacial score (nSPS) is 12.6. The van der Waals surface area contributed by atoms with E-state index >= 15 is 0 Å². The van der Waals surface area contributed by atoms with Gasteiger partial charge in [-0.1, -0.05) is 30.3 Å². The first-order chi connectivity index (χ1) is 13.8. The topological polar surface area (TPSA) is 159 Å². The molecule has 0 spiro atoms. The fourth-order valence-corrected chi connectivity index (χ4v) is 2.54. The lowest BCUT2D eigenvalue weighted by Crippen LogP contribution is -2.29. The lowest BCUT2D eigenvalue weighted by atomic mass is 9.99. The quantitative estimate of drug-likeness (QED) is 0.280. The van der Waals surface area contributed by atoms with Gasteiger partial charge in [-0.05, 0) is 23.6 Å². The van der Waals surface area contributed by atoms with Crippen LogP contribution in [-0.2, 0) is 11.3 Å². The number of nitrogens with zero attached hydrogens (tertiary/aromatic N) is 1. The van der Waals surface area contributed by atoms with Crippen LogP contribution in [0.4, 0.5) is 10.5 Å². The molecule has 0 heterocycles. The number of aromatic hydroxyl groups is 1. The summed E-state index contributed by atoms with van der Waals surface area (Å²) in [5.41, 5.74) is -0.463. The van der Waals surface area contributed by atoms with Gasteiger partial charge in [0.05, 0.1) is 16.6 Å². The molecule has 29 heavy (non-hydrogen) atoms.